The molecule has 0 aliphatic rings. The van der Waals surface area contributed by atoms with E-state index in [2.05, 4.69) is 15.0 Å². The number of amides is 2. The lowest BCUT2D eigenvalue weighted by Crippen LogP contribution is -2.33. The van der Waals surface area contributed by atoms with Crippen molar-refractivity contribution < 1.29 is 14.3 Å². The van der Waals surface area contributed by atoms with Crippen molar-refractivity contribution in [3.8, 4) is 0 Å². The number of ether oxygens (including phenoxy) is 1. The first-order valence-corrected chi connectivity index (χ1v) is 6.08. The molecule has 0 aliphatic heterocycles. The first-order chi connectivity index (χ1) is 8.43. The van der Waals surface area contributed by atoms with Crippen molar-refractivity contribution in [2.45, 2.75) is 12.5 Å². The number of methoxy groups -OCH3 is 1. The molecule has 18 heavy (non-hydrogen) atoms. The smallest absolute Gasteiger partial charge is 0.323 e. The second-order valence-electron chi connectivity index (χ2n) is 3.80. The zero-order valence-electron chi connectivity index (χ0n) is 10.5. The zero-order chi connectivity index (χ0) is 13.7. The summed E-state index contributed by atoms with van der Waals surface area (Å²) < 4.78 is 4.52. The number of nitrogens with two attached hydrogens (primary N) is 1. The average Bonchev–Trinajstić information content (AvgIpc) is 2.75. The Kier molecular flexibility index (Phi) is 5.05. The van der Waals surface area contributed by atoms with Gasteiger partial charge in [0.1, 0.15) is 6.04 Å². The quantitative estimate of drug-likeness (QED) is 0.767. The van der Waals surface area contributed by atoms with E-state index in [1.165, 1.54) is 23.3 Å². The number of nitrogens with one attached hydrogen (secondary N) is 1. The van der Waals surface area contributed by atoms with Crippen LogP contribution in [0.2, 0.25) is 0 Å². The molecule has 0 aliphatic carbocycles. The number of urea groups is 1. The summed E-state index contributed by atoms with van der Waals surface area (Å²) in [6, 6.07) is -0.998. The van der Waals surface area contributed by atoms with Gasteiger partial charge in [-0.25, -0.2) is 9.78 Å². The molecular formula is C10H16N4O3S. The highest BCUT2D eigenvalue weighted by molar-refractivity contribution is 7.13. The normalized spacial score (nSPS) is 11.8. The second-order valence-corrected chi connectivity index (χ2v) is 4.66. The molecule has 0 bridgehead atoms. The molecule has 1 rings (SSSR count). The van der Waals surface area contributed by atoms with Crippen LogP contribution in [0.15, 0.2) is 5.38 Å². The molecule has 8 heteroatoms. The van der Waals surface area contributed by atoms with Crippen LogP contribution in [0, 0.1) is 0 Å². The fourth-order valence-corrected chi connectivity index (χ4v) is 1.83. The maximum Gasteiger partial charge on any atom is 0.323 e. The van der Waals surface area contributed by atoms with Gasteiger partial charge in [-0.2, -0.15) is 0 Å². The third kappa shape index (κ3) is 3.97. The standard InChI is InChI=1S/C10H16N4O3S/c1-14(2)10(16)13-9-12-6(5-18-9)4-7(11)8(15)17-3/h5,7H,4,11H2,1-3H3,(H,12,13,16). The minimum Gasteiger partial charge on any atom is -0.468 e. The van der Waals surface area contributed by atoms with Crippen molar-refractivity contribution in [3.05, 3.63) is 11.1 Å². The number of rotatable bonds is 4. The van der Waals surface area contributed by atoms with Crippen LogP contribution < -0.4 is 11.1 Å². The molecule has 0 spiro atoms. The van der Waals surface area contributed by atoms with Crippen LogP contribution >= 0.6 is 11.3 Å². The molecule has 1 unspecified atom stereocenters. The van der Waals surface area contributed by atoms with E-state index in [4.69, 9.17) is 5.73 Å². The number of anilines is 1. The van der Waals surface area contributed by atoms with Crippen molar-refractivity contribution in [2.75, 3.05) is 26.5 Å². The highest BCUT2D eigenvalue weighted by Gasteiger charge is 2.16. The monoisotopic (exact) mass is 272 g/mol. The van der Waals surface area contributed by atoms with Gasteiger partial charge in [0.15, 0.2) is 5.13 Å². The van der Waals surface area contributed by atoms with E-state index in [1.54, 1.807) is 19.5 Å². The molecule has 0 saturated carbocycles. The largest absolute Gasteiger partial charge is 0.468 e. The van der Waals surface area contributed by atoms with Gasteiger partial charge in [-0.3, -0.25) is 10.1 Å². The molecular weight excluding hydrogens is 256 g/mol. The molecule has 1 heterocycles. The Morgan fingerprint density at radius 3 is 2.83 bits per heavy atom. The summed E-state index contributed by atoms with van der Waals surface area (Å²) in [5.41, 5.74) is 6.26. The first kappa shape index (κ1) is 14.4. The minimum absolute atomic E-state index is 0.256. The van der Waals surface area contributed by atoms with E-state index < -0.39 is 12.0 Å². The summed E-state index contributed by atoms with van der Waals surface area (Å²) in [5, 5.41) is 4.83. The highest BCUT2D eigenvalue weighted by Crippen LogP contribution is 2.16. The SMILES string of the molecule is COC(=O)C(N)Cc1csc(NC(=O)N(C)C)n1. The number of nitrogens with zero attached hydrogens (tertiary/aromatic N) is 2. The Morgan fingerprint density at radius 1 is 1.61 bits per heavy atom. The van der Waals surface area contributed by atoms with E-state index in [1.807, 2.05) is 0 Å². The van der Waals surface area contributed by atoms with Crippen LogP contribution in [-0.2, 0) is 16.0 Å². The van der Waals surface area contributed by atoms with Gasteiger partial charge in [-0.1, -0.05) is 0 Å². The topological polar surface area (TPSA) is 97.5 Å². The van der Waals surface area contributed by atoms with Crippen LogP contribution in [0.25, 0.3) is 0 Å². The highest BCUT2D eigenvalue weighted by atomic mass is 32.1. The summed E-state index contributed by atoms with van der Waals surface area (Å²) >= 11 is 1.28. The van der Waals surface area contributed by atoms with E-state index in [-0.39, 0.29) is 12.5 Å². The molecule has 0 radical (unpaired) electrons. The van der Waals surface area contributed by atoms with Crippen LogP contribution in [0.1, 0.15) is 5.69 Å². The minimum atomic E-state index is -0.741. The molecule has 0 fully saturated rings. The first-order valence-electron chi connectivity index (χ1n) is 5.20. The van der Waals surface area contributed by atoms with Gasteiger partial charge in [0.25, 0.3) is 0 Å². The lowest BCUT2D eigenvalue weighted by molar-refractivity contribution is -0.142. The van der Waals surface area contributed by atoms with E-state index in [0.29, 0.717) is 10.8 Å². The van der Waals surface area contributed by atoms with Gasteiger partial charge in [0, 0.05) is 25.9 Å². The molecule has 1 aromatic rings. The fourth-order valence-electron chi connectivity index (χ4n) is 1.12. The number of esters is 1. The molecule has 0 saturated heterocycles. The molecule has 7 nitrogen and oxygen atoms in total. The Labute approximate surface area is 109 Å². The predicted octanol–water partition coefficient (Wildman–Crippen LogP) is 0.279. The van der Waals surface area contributed by atoms with Crippen molar-refractivity contribution in [1.29, 1.82) is 0 Å². The Bertz CT molecular complexity index is 433. The maximum atomic E-state index is 11.4. The molecule has 100 valence electrons. The van der Waals surface area contributed by atoms with Crippen LogP contribution in [0.5, 0.6) is 0 Å². The molecule has 0 aromatic carbocycles. The Balaban J connectivity index is 2.58. The van der Waals surface area contributed by atoms with E-state index in [0.717, 1.165) is 0 Å². The van der Waals surface area contributed by atoms with Crippen molar-refractivity contribution in [2.24, 2.45) is 5.73 Å². The van der Waals surface area contributed by atoms with Gasteiger partial charge in [-0.05, 0) is 0 Å². The summed E-state index contributed by atoms with van der Waals surface area (Å²) in [6.07, 6.45) is 0.279. The Morgan fingerprint density at radius 2 is 2.28 bits per heavy atom. The van der Waals surface area contributed by atoms with Crippen LogP contribution in [-0.4, -0.2) is 49.1 Å². The van der Waals surface area contributed by atoms with Gasteiger partial charge in [0.2, 0.25) is 0 Å². The lowest BCUT2D eigenvalue weighted by atomic mass is 10.2. The molecule has 1 atom stereocenters. The predicted molar refractivity (Wildman–Crippen MR) is 68.5 cm³/mol. The molecule has 1 aromatic heterocycles. The van der Waals surface area contributed by atoms with Crippen molar-refractivity contribution in [3.63, 3.8) is 0 Å². The van der Waals surface area contributed by atoms with Crippen molar-refractivity contribution >= 4 is 28.5 Å². The number of carbonyl (C=O) groups excluding carboxylic acids is 2. The van der Waals surface area contributed by atoms with Gasteiger partial charge in [0.05, 0.1) is 12.8 Å². The van der Waals surface area contributed by atoms with E-state index in [9.17, 15) is 9.59 Å². The number of hydrogen-bond acceptors (Lipinski definition) is 6. The van der Waals surface area contributed by atoms with Gasteiger partial charge >= 0.3 is 12.0 Å². The number of thiazole rings is 1. The second kappa shape index (κ2) is 6.31. The van der Waals surface area contributed by atoms with Crippen LogP contribution in [0.4, 0.5) is 9.93 Å². The summed E-state index contributed by atoms with van der Waals surface area (Å²) in [7, 11) is 4.56. The van der Waals surface area contributed by atoms with Crippen LogP contribution in [0.3, 0.4) is 0 Å². The van der Waals surface area contributed by atoms with Gasteiger partial charge < -0.3 is 15.4 Å². The average molecular weight is 272 g/mol. The lowest BCUT2D eigenvalue weighted by Gasteiger charge is -2.09. The Hall–Kier alpha value is -1.67. The third-order valence-corrected chi connectivity index (χ3v) is 2.91. The summed E-state index contributed by atoms with van der Waals surface area (Å²) in [4.78, 5) is 28.1. The van der Waals surface area contributed by atoms with E-state index >= 15 is 0 Å². The zero-order valence-corrected chi connectivity index (χ0v) is 11.3. The fraction of sp³-hybridized carbons (Fsp3) is 0.500. The van der Waals surface area contributed by atoms with Gasteiger partial charge in [-0.15, -0.1) is 11.3 Å². The molecule has 3 N–H and O–H groups in total. The third-order valence-electron chi connectivity index (χ3n) is 2.10. The maximum absolute atomic E-state index is 11.4. The number of carbonyl (C=O) groups is 2. The summed E-state index contributed by atoms with van der Waals surface area (Å²) in [5.74, 6) is -0.484. The van der Waals surface area contributed by atoms with Crippen molar-refractivity contribution in [1.82, 2.24) is 9.88 Å². The number of aromatic nitrogens is 1. The number of hydrogen-bond donors (Lipinski definition) is 2. The summed E-state index contributed by atoms with van der Waals surface area (Å²) in [6.45, 7) is 0. The molecule has 2 amide bonds.